The minimum absolute atomic E-state index is 0.156. The minimum atomic E-state index is -0.156. The van der Waals surface area contributed by atoms with Crippen LogP contribution in [0.15, 0.2) is 0 Å². The summed E-state index contributed by atoms with van der Waals surface area (Å²) in [6.07, 6.45) is 4.64. The summed E-state index contributed by atoms with van der Waals surface area (Å²) < 4.78 is 0. The average Bonchev–Trinajstić information content (AvgIpc) is 2.40. The molecule has 2 N–H and O–H groups in total. The third kappa shape index (κ3) is 2.89. The van der Waals surface area contributed by atoms with Crippen molar-refractivity contribution in [3.63, 3.8) is 0 Å². The van der Waals surface area contributed by atoms with Crippen LogP contribution in [-0.4, -0.2) is 32.0 Å². The van der Waals surface area contributed by atoms with Crippen LogP contribution in [0.25, 0.3) is 0 Å². The Morgan fingerprint density at radius 2 is 1.71 bits per heavy atom. The zero-order chi connectivity index (χ0) is 12.3. The second-order valence-corrected chi connectivity index (χ2v) is 6.17. The Labute approximate surface area is 105 Å². The van der Waals surface area contributed by atoms with E-state index in [9.17, 15) is 4.79 Å². The van der Waals surface area contributed by atoms with Gasteiger partial charge in [0.2, 0.25) is 0 Å². The van der Waals surface area contributed by atoms with E-state index >= 15 is 0 Å². The van der Waals surface area contributed by atoms with Crippen molar-refractivity contribution in [2.75, 3.05) is 26.2 Å². The second kappa shape index (κ2) is 5.49. The van der Waals surface area contributed by atoms with Crippen molar-refractivity contribution in [3.05, 3.63) is 0 Å². The van der Waals surface area contributed by atoms with E-state index < -0.39 is 0 Å². The molecule has 2 heterocycles. The molecule has 2 atom stereocenters. The summed E-state index contributed by atoms with van der Waals surface area (Å²) >= 11 is 0. The van der Waals surface area contributed by atoms with E-state index in [4.69, 9.17) is 0 Å². The SMILES string of the molecule is CC(C)(C(=O)C1CCCNC1)C1CCCNC1. The van der Waals surface area contributed by atoms with Gasteiger partial charge in [-0.1, -0.05) is 13.8 Å². The molecule has 98 valence electrons. The maximum absolute atomic E-state index is 12.7. The molecular formula is C14H26N2O. The fourth-order valence-electron chi connectivity index (χ4n) is 3.27. The molecular weight excluding hydrogens is 212 g/mol. The molecule has 2 fully saturated rings. The molecule has 3 nitrogen and oxygen atoms in total. The van der Waals surface area contributed by atoms with E-state index in [2.05, 4.69) is 24.5 Å². The lowest BCUT2D eigenvalue weighted by molar-refractivity contribution is -0.135. The molecule has 0 radical (unpaired) electrons. The lowest BCUT2D eigenvalue weighted by Gasteiger charge is -2.39. The van der Waals surface area contributed by atoms with Crippen LogP contribution in [0.1, 0.15) is 39.5 Å². The molecule has 2 aliphatic rings. The summed E-state index contributed by atoms with van der Waals surface area (Å²) in [4.78, 5) is 12.7. The number of rotatable bonds is 3. The number of hydrogen-bond donors (Lipinski definition) is 2. The smallest absolute Gasteiger partial charge is 0.143 e. The normalized spacial score (nSPS) is 31.2. The van der Waals surface area contributed by atoms with Crippen LogP contribution in [0, 0.1) is 17.3 Å². The Kier molecular flexibility index (Phi) is 4.21. The summed E-state index contributed by atoms with van der Waals surface area (Å²) in [5.41, 5.74) is -0.156. The van der Waals surface area contributed by atoms with Gasteiger partial charge in [0.25, 0.3) is 0 Å². The number of piperidine rings is 2. The van der Waals surface area contributed by atoms with E-state index in [-0.39, 0.29) is 11.3 Å². The Hall–Kier alpha value is -0.410. The number of nitrogens with one attached hydrogen (secondary N) is 2. The fraction of sp³-hybridized carbons (Fsp3) is 0.929. The summed E-state index contributed by atoms with van der Waals surface area (Å²) in [6, 6.07) is 0. The first-order valence-corrected chi connectivity index (χ1v) is 7.08. The van der Waals surface area contributed by atoms with Gasteiger partial charge in [-0.2, -0.15) is 0 Å². The van der Waals surface area contributed by atoms with Crippen molar-refractivity contribution in [3.8, 4) is 0 Å². The monoisotopic (exact) mass is 238 g/mol. The van der Waals surface area contributed by atoms with Gasteiger partial charge in [-0.25, -0.2) is 0 Å². The standard InChI is InChI=1S/C14H26N2O/c1-14(2,12-6-4-8-16-10-12)13(17)11-5-3-7-15-9-11/h11-12,15-16H,3-10H2,1-2H3. The van der Waals surface area contributed by atoms with Crippen LogP contribution >= 0.6 is 0 Å². The van der Waals surface area contributed by atoms with Crippen molar-refractivity contribution in [1.29, 1.82) is 0 Å². The van der Waals surface area contributed by atoms with Crippen molar-refractivity contribution in [2.24, 2.45) is 17.3 Å². The van der Waals surface area contributed by atoms with Crippen molar-refractivity contribution in [2.45, 2.75) is 39.5 Å². The molecule has 2 rings (SSSR count). The molecule has 17 heavy (non-hydrogen) atoms. The highest BCUT2D eigenvalue weighted by molar-refractivity contribution is 5.87. The molecule has 2 aliphatic heterocycles. The van der Waals surface area contributed by atoms with Gasteiger partial charge < -0.3 is 10.6 Å². The average molecular weight is 238 g/mol. The van der Waals surface area contributed by atoms with Gasteiger partial charge in [-0.3, -0.25) is 4.79 Å². The molecule has 2 saturated heterocycles. The summed E-state index contributed by atoms with van der Waals surface area (Å²) in [6.45, 7) is 8.41. The van der Waals surface area contributed by atoms with Crippen LogP contribution in [0.5, 0.6) is 0 Å². The van der Waals surface area contributed by atoms with Gasteiger partial charge in [-0.05, 0) is 51.2 Å². The summed E-state index contributed by atoms with van der Waals surface area (Å²) in [7, 11) is 0. The third-order valence-corrected chi connectivity index (χ3v) is 4.62. The molecule has 0 amide bonds. The van der Waals surface area contributed by atoms with Gasteiger partial charge in [0, 0.05) is 17.9 Å². The summed E-state index contributed by atoms with van der Waals surface area (Å²) in [5.74, 6) is 1.25. The molecule has 0 aliphatic carbocycles. The number of Topliss-reactive ketones (excluding diaryl/α,β-unsaturated/α-hetero) is 1. The van der Waals surface area contributed by atoms with Gasteiger partial charge in [0.15, 0.2) is 0 Å². The van der Waals surface area contributed by atoms with Crippen LogP contribution in [-0.2, 0) is 4.79 Å². The van der Waals surface area contributed by atoms with Gasteiger partial charge in [-0.15, -0.1) is 0 Å². The third-order valence-electron chi connectivity index (χ3n) is 4.62. The Bertz CT molecular complexity index is 263. The fourth-order valence-corrected chi connectivity index (χ4v) is 3.27. The first kappa shape index (κ1) is 13.0. The van der Waals surface area contributed by atoms with Crippen molar-refractivity contribution >= 4 is 5.78 Å². The molecule has 2 unspecified atom stereocenters. The van der Waals surface area contributed by atoms with Gasteiger partial charge >= 0.3 is 0 Å². The zero-order valence-electron chi connectivity index (χ0n) is 11.2. The lowest BCUT2D eigenvalue weighted by atomic mass is 9.68. The highest BCUT2D eigenvalue weighted by atomic mass is 16.1. The molecule has 0 spiro atoms. The first-order valence-electron chi connectivity index (χ1n) is 7.08. The van der Waals surface area contributed by atoms with Gasteiger partial charge in [0.05, 0.1) is 0 Å². The predicted molar refractivity (Wildman–Crippen MR) is 70.0 cm³/mol. The summed E-state index contributed by atoms with van der Waals surface area (Å²) in [5, 5.41) is 6.79. The lowest BCUT2D eigenvalue weighted by Crippen LogP contribution is -2.47. The van der Waals surface area contributed by atoms with Crippen molar-refractivity contribution < 1.29 is 4.79 Å². The number of hydrogen-bond acceptors (Lipinski definition) is 3. The van der Waals surface area contributed by atoms with Crippen LogP contribution < -0.4 is 10.6 Å². The molecule has 3 heteroatoms. The van der Waals surface area contributed by atoms with Crippen LogP contribution in [0.2, 0.25) is 0 Å². The number of ketones is 1. The van der Waals surface area contributed by atoms with Gasteiger partial charge in [0.1, 0.15) is 5.78 Å². The molecule has 0 aromatic carbocycles. The molecule has 0 bridgehead atoms. The van der Waals surface area contributed by atoms with E-state index in [1.165, 1.54) is 12.8 Å². The largest absolute Gasteiger partial charge is 0.316 e. The Morgan fingerprint density at radius 1 is 1.06 bits per heavy atom. The Balaban J connectivity index is 1.99. The maximum Gasteiger partial charge on any atom is 0.143 e. The second-order valence-electron chi connectivity index (χ2n) is 6.17. The van der Waals surface area contributed by atoms with E-state index in [0.717, 1.165) is 39.0 Å². The number of carbonyl (C=O) groups excluding carboxylic acids is 1. The van der Waals surface area contributed by atoms with Crippen molar-refractivity contribution in [1.82, 2.24) is 10.6 Å². The van der Waals surface area contributed by atoms with E-state index in [1.54, 1.807) is 0 Å². The highest BCUT2D eigenvalue weighted by Gasteiger charge is 2.40. The first-order chi connectivity index (χ1) is 8.12. The number of carbonyl (C=O) groups is 1. The predicted octanol–water partition coefficient (Wildman–Crippen LogP) is 1.58. The minimum Gasteiger partial charge on any atom is -0.316 e. The van der Waals surface area contributed by atoms with E-state index in [1.807, 2.05) is 0 Å². The Morgan fingerprint density at radius 3 is 2.24 bits per heavy atom. The van der Waals surface area contributed by atoms with Crippen LogP contribution in [0.4, 0.5) is 0 Å². The van der Waals surface area contributed by atoms with E-state index in [0.29, 0.717) is 11.7 Å². The zero-order valence-corrected chi connectivity index (χ0v) is 11.2. The van der Waals surface area contributed by atoms with Crippen LogP contribution in [0.3, 0.4) is 0 Å². The topological polar surface area (TPSA) is 41.1 Å². The highest BCUT2D eigenvalue weighted by Crippen LogP contribution is 2.36. The molecule has 0 saturated carbocycles. The maximum atomic E-state index is 12.7. The molecule has 0 aromatic heterocycles. The molecule has 0 aromatic rings. The quantitative estimate of drug-likeness (QED) is 0.784.